The molecule has 0 amide bonds. The maximum absolute atomic E-state index is 6.87. The lowest BCUT2D eigenvalue weighted by molar-refractivity contribution is 0.572. The maximum Gasteiger partial charge on any atom is 0.223 e. The Morgan fingerprint density at radius 2 is 2.15 bits per heavy atom. The molecule has 0 unspecified atom stereocenters. The number of rotatable bonds is 2. The third-order valence-corrected chi connectivity index (χ3v) is 2.57. The van der Waals surface area contributed by atoms with E-state index in [1.807, 2.05) is 12.1 Å². The molecule has 1 aromatic rings. The van der Waals surface area contributed by atoms with Crippen LogP contribution in [-0.4, -0.2) is 6.54 Å². The lowest BCUT2D eigenvalue weighted by Gasteiger charge is -2.18. The van der Waals surface area contributed by atoms with Crippen molar-refractivity contribution in [3.8, 4) is 0 Å². The molecule has 0 saturated heterocycles. The summed E-state index contributed by atoms with van der Waals surface area (Å²) < 4.78 is 1.07. The molecule has 0 heterocycles. The van der Waals surface area contributed by atoms with Gasteiger partial charge >= 0.3 is 0 Å². The van der Waals surface area contributed by atoms with Gasteiger partial charge < -0.3 is 4.85 Å². The van der Waals surface area contributed by atoms with E-state index >= 15 is 0 Å². The highest BCUT2D eigenvalue weighted by Crippen LogP contribution is 2.25. The molecule has 0 saturated carbocycles. The Labute approximate surface area is 87.7 Å². The molecule has 1 rings (SSSR count). The minimum atomic E-state index is -0.0501. The molecule has 0 bridgehead atoms. The molecule has 68 valence electrons. The van der Waals surface area contributed by atoms with E-state index in [-0.39, 0.29) is 5.41 Å². The van der Waals surface area contributed by atoms with Gasteiger partial charge in [0.05, 0.1) is 5.41 Å². The summed E-state index contributed by atoms with van der Waals surface area (Å²) in [6.45, 7) is 11.6. The van der Waals surface area contributed by atoms with E-state index in [1.54, 1.807) is 0 Å². The number of halogens is 1. The molecule has 0 N–H and O–H groups in total. The van der Waals surface area contributed by atoms with Crippen molar-refractivity contribution < 1.29 is 0 Å². The van der Waals surface area contributed by atoms with Gasteiger partial charge in [-0.05, 0) is 31.5 Å². The van der Waals surface area contributed by atoms with Crippen molar-refractivity contribution in [3.05, 3.63) is 45.7 Å². The summed E-state index contributed by atoms with van der Waals surface area (Å²) >= 11 is 3.43. The van der Waals surface area contributed by atoms with Gasteiger partial charge in [-0.25, -0.2) is 6.57 Å². The van der Waals surface area contributed by atoms with Gasteiger partial charge in [0.2, 0.25) is 6.54 Å². The zero-order valence-corrected chi connectivity index (χ0v) is 9.43. The first-order chi connectivity index (χ1) is 6.06. The molecule has 0 aromatic heterocycles. The van der Waals surface area contributed by atoms with E-state index < -0.39 is 0 Å². The fraction of sp³-hybridized carbons (Fsp3) is 0.364. The summed E-state index contributed by atoms with van der Waals surface area (Å²) in [6.07, 6.45) is 0. The third kappa shape index (κ3) is 2.57. The summed E-state index contributed by atoms with van der Waals surface area (Å²) in [6, 6.07) is 8.14. The molecule has 0 spiro atoms. The third-order valence-electron chi connectivity index (χ3n) is 2.08. The fourth-order valence-electron chi connectivity index (χ4n) is 1.20. The van der Waals surface area contributed by atoms with Crippen LogP contribution in [0, 0.1) is 6.57 Å². The second-order valence-electron chi connectivity index (χ2n) is 3.71. The Bertz CT molecular complexity index is 336. The van der Waals surface area contributed by atoms with Crippen LogP contribution in [0.15, 0.2) is 28.7 Å². The van der Waals surface area contributed by atoms with Crippen LogP contribution in [0.4, 0.5) is 0 Å². The molecule has 0 aliphatic heterocycles. The van der Waals surface area contributed by atoms with Crippen molar-refractivity contribution in [2.75, 3.05) is 6.54 Å². The monoisotopic (exact) mass is 237 g/mol. The molecular formula is C11H12BrN. The average Bonchev–Trinajstić information content (AvgIpc) is 2.04. The van der Waals surface area contributed by atoms with Gasteiger partial charge in [-0.3, -0.25) is 0 Å². The summed E-state index contributed by atoms with van der Waals surface area (Å²) in [7, 11) is 0. The van der Waals surface area contributed by atoms with Crippen LogP contribution in [0.25, 0.3) is 4.85 Å². The summed E-state index contributed by atoms with van der Waals surface area (Å²) in [5.74, 6) is 0. The van der Waals surface area contributed by atoms with E-state index in [4.69, 9.17) is 6.57 Å². The first kappa shape index (κ1) is 10.3. The zero-order valence-electron chi connectivity index (χ0n) is 7.84. The molecule has 0 aliphatic rings. The largest absolute Gasteiger partial charge is 0.316 e. The van der Waals surface area contributed by atoms with E-state index in [2.05, 4.69) is 46.8 Å². The van der Waals surface area contributed by atoms with E-state index in [0.29, 0.717) is 6.54 Å². The summed E-state index contributed by atoms with van der Waals surface area (Å²) in [5, 5.41) is 0. The smallest absolute Gasteiger partial charge is 0.223 e. The van der Waals surface area contributed by atoms with Crippen molar-refractivity contribution >= 4 is 15.9 Å². The predicted molar refractivity (Wildman–Crippen MR) is 58.6 cm³/mol. The van der Waals surface area contributed by atoms with Crippen molar-refractivity contribution in [2.24, 2.45) is 0 Å². The quantitative estimate of drug-likeness (QED) is 0.693. The highest BCUT2D eigenvalue weighted by atomic mass is 79.9. The van der Waals surface area contributed by atoms with Gasteiger partial charge in [-0.2, -0.15) is 0 Å². The SMILES string of the molecule is [C-]#[N+]CC(C)(C)c1cccc(Br)c1. The van der Waals surface area contributed by atoms with Crippen molar-refractivity contribution in [3.63, 3.8) is 0 Å². The van der Waals surface area contributed by atoms with E-state index in [9.17, 15) is 0 Å². The minimum absolute atomic E-state index is 0.0501. The van der Waals surface area contributed by atoms with Crippen LogP contribution >= 0.6 is 15.9 Å². The van der Waals surface area contributed by atoms with Gasteiger partial charge in [0.25, 0.3) is 0 Å². The number of hydrogen-bond acceptors (Lipinski definition) is 0. The molecule has 0 atom stereocenters. The second kappa shape index (κ2) is 3.93. The molecule has 13 heavy (non-hydrogen) atoms. The summed E-state index contributed by atoms with van der Waals surface area (Å²) in [4.78, 5) is 3.45. The van der Waals surface area contributed by atoms with Crippen LogP contribution in [0.3, 0.4) is 0 Å². The molecule has 0 aliphatic carbocycles. The van der Waals surface area contributed by atoms with Crippen molar-refractivity contribution in [1.82, 2.24) is 0 Å². The van der Waals surface area contributed by atoms with Crippen LogP contribution in [0.1, 0.15) is 19.4 Å². The molecule has 1 aromatic carbocycles. The van der Waals surface area contributed by atoms with Gasteiger partial charge in [-0.15, -0.1) is 0 Å². The summed E-state index contributed by atoms with van der Waals surface area (Å²) in [5.41, 5.74) is 1.16. The first-order valence-electron chi connectivity index (χ1n) is 4.15. The second-order valence-corrected chi connectivity index (χ2v) is 4.63. The first-order valence-corrected chi connectivity index (χ1v) is 4.95. The Hall–Kier alpha value is -0.810. The number of hydrogen-bond donors (Lipinski definition) is 0. The van der Waals surface area contributed by atoms with Crippen LogP contribution in [0.2, 0.25) is 0 Å². The Morgan fingerprint density at radius 3 is 2.69 bits per heavy atom. The van der Waals surface area contributed by atoms with Gasteiger partial charge in [-0.1, -0.05) is 28.1 Å². The van der Waals surface area contributed by atoms with E-state index in [0.717, 1.165) is 4.47 Å². The Balaban J connectivity index is 3.01. The lowest BCUT2D eigenvalue weighted by atomic mass is 9.85. The van der Waals surface area contributed by atoms with Gasteiger partial charge in [0, 0.05) is 4.47 Å². The number of benzene rings is 1. The van der Waals surface area contributed by atoms with Gasteiger partial charge in [0.1, 0.15) is 0 Å². The highest BCUT2D eigenvalue weighted by molar-refractivity contribution is 9.10. The molecule has 1 nitrogen and oxygen atoms in total. The lowest BCUT2D eigenvalue weighted by Crippen LogP contribution is -2.20. The predicted octanol–water partition coefficient (Wildman–Crippen LogP) is 3.65. The van der Waals surface area contributed by atoms with Crippen molar-refractivity contribution in [1.29, 1.82) is 0 Å². The minimum Gasteiger partial charge on any atom is -0.316 e. The maximum atomic E-state index is 6.87. The Kier molecular flexibility index (Phi) is 3.11. The van der Waals surface area contributed by atoms with E-state index in [1.165, 1.54) is 5.56 Å². The number of nitrogens with zero attached hydrogens (tertiary/aromatic N) is 1. The molecule has 0 fully saturated rings. The highest BCUT2D eigenvalue weighted by Gasteiger charge is 2.23. The fourth-order valence-corrected chi connectivity index (χ4v) is 1.60. The molecule has 2 heteroatoms. The standard InChI is InChI=1S/C11H12BrN/c1-11(2,8-13-3)9-5-4-6-10(12)7-9/h4-7H,8H2,1-2H3. The van der Waals surface area contributed by atoms with Crippen molar-refractivity contribution in [2.45, 2.75) is 19.3 Å². The topological polar surface area (TPSA) is 4.36 Å². The average molecular weight is 238 g/mol. The van der Waals surface area contributed by atoms with Crippen LogP contribution in [0.5, 0.6) is 0 Å². The van der Waals surface area contributed by atoms with Gasteiger partial charge in [0.15, 0.2) is 0 Å². The normalized spacial score (nSPS) is 10.9. The zero-order chi connectivity index (χ0) is 9.90. The molecule has 0 radical (unpaired) electrons. The molecular weight excluding hydrogens is 226 g/mol. The van der Waals surface area contributed by atoms with Crippen LogP contribution in [-0.2, 0) is 5.41 Å². The van der Waals surface area contributed by atoms with Crippen LogP contribution < -0.4 is 0 Å². The Morgan fingerprint density at radius 1 is 1.46 bits per heavy atom.